The molecule has 5 heteroatoms. The molecule has 0 aliphatic heterocycles. The summed E-state index contributed by atoms with van der Waals surface area (Å²) in [4.78, 5) is 11.8. The minimum Gasteiger partial charge on any atom is -0.462 e. The largest absolute Gasteiger partial charge is 0.462 e. The highest BCUT2D eigenvalue weighted by Gasteiger charge is 2.20. The van der Waals surface area contributed by atoms with Crippen LogP contribution in [0.5, 0.6) is 0 Å². The van der Waals surface area contributed by atoms with Crippen LogP contribution in [0, 0.1) is 0 Å². The van der Waals surface area contributed by atoms with Crippen molar-refractivity contribution in [1.82, 2.24) is 15.1 Å². The maximum Gasteiger partial charge on any atom is 0.341 e. The van der Waals surface area contributed by atoms with Crippen molar-refractivity contribution in [3.63, 3.8) is 0 Å². The summed E-state index contributed by atoms with van der Waals surface area (Å²) >= 11 is 0. The number of nitrogens with zero attached hydrogens (tertiary/aromatic N) is 2. The van der Waals surface area contributed by atoms with Crippen molar-refractivity contribution in [3.8, 4) is 0 Å². The second kappa shape index (κ2) is 6.00. The smallest absolute Gasteiger partial charge is 0.341 e. The maximum atomic E-state index is 11.8. The number of esters is 1. The molecular formula is C13H23N3O2. The Labute approximate surface area is 109 Å². The summed E-state index contributed by atoms with van der Waals surface area (Å²) in [7, 11) is 1.83. The minimum atomic E-state index is -0.309. The summed E-state index contributed by atoms with van der Waals surface area (Å²) < 4.78 is 6.73. The number of ether oxygens (including phenoxy) is 1. The fourth-order valence-corrected chi connectivity index (χ4v) is 1.50. The molecule has 18 heavy (non-hydrogen) atoms. The lowest BCUT2D eigenvalue weighted by molar-refractivity contribution is 0.0524. The van der Waals surface area contributed by atoms with Crippen molar-refractivity contribution in [3.05, 3.63) is 17.5 Å². The van der Waals surface area contributed by atoms with E-state index >= 15 is 0 Å². The summed E-state index contributed by atoms with van der Waals surface area (Å²) in [5.74, 6) is -0.309. The standard InChI is InChI=1S/C13H23N3O2/c1-6-13(3,4)14-9-11-10(8-15-16(11)5)12(17)18-7-2/h8,14H,6-7,9H2,1-5H3. The Morgan fingerprint density at radius 1 is 1.50 bits per heavy atom. The van der Waals surface area contributed by atoms with Crippen LogP contribution < -0.4 is 5.32 Å². The molecule has 102 valence electrons. The third-order valence-electron chi connectivity index (χ3n) is 3.18. The van der Waals surface area contributed by atoms with E-state index in [0.29, 0.717) is 18.7 Å². The number of hydrogen-bond acceptors (Lipinski definition) is 4. The van der Waals surface area contributed by atoms with E-state index in [9.17, 15) is 4.79 Å². The SMILES string of the molecule is CCOC(=O)c1cnn(C)c1CNC(C)(C)CC. The lowest BCUT2D eigenvalue weighted by Gasteiger charge is -2.24. The van der Waals surface area contributed by atoms with E-state index in [0.717, 1.165) is 12.1 Å². The summed E-state index contributed by atoms with van der Waals surface area (Å²) in [5, 5.41) is 7.54. The molecule has 0 saturated carbocycles. The number of rotatable bonds is 6. The van der Waals surface area contributed by atoms with Crippen molar-refractivity contribution in [2.24, 2.45) is 7.05 Å². The van der Waals surface area contributed by atoms with E-state index in [1.165, 1.54) is 0 Å². The lowest BCUT2D eigenvalue weighted by Crippen LogP contribution is -2.38. The Hall–Kier alpha value is -1.36. The average molecular weight is 253 g/mol. The summed E-state index contributed by atoms with van der Waals surface area (Å²) in [6.45, 7) is 9.17. The van der Waals surface area contributed by atoms with Crippen LogP contribution in [0.3, 0.4) is 0 Å². The fraction of sp³-hybridized carbons (Fsp3) is 0.692. The van der Waals surface area contributed by atoms with Gasteiger partial charge in [-0.05, 0) is 27.2 Å². The van der Waals surface area contributed by atoms with E-state index in [4.69, 9.17) is 4.74 Å². The summed E-state index contributed by atoms with van der Waals surface area (Å²) in [5.41, 5.74) is 1.43. The number of aromatic nitrogens is 2. The van der Waals surface area contributed by atoms with Crippen molar-refractivity contribution >= 4 is 5.97 Å². The molecule has 0 amide bonds. The van der Waals surface area contributed by atoms with E-state index < -0.39 is 0 Å². The van der Waals surface area contributed by atoms with Crippen LogP contribution >= 0.6 is 0 Å². The fourth-order valence-electron chi connectivity index (χ4n) is 1.50. The van der Waals surface area contributed by atoms with Gasteiger partial charge in [0.25, 0.3) is 0 Å². The molecule has 0 aliphatic carbocycles. The highest BCUT2D eigenvalue weighted by molar-refractivity contribution is 5.90. The van der Waals surface area contributed by atoms with Gasteiger partial charge in [0.05, 0.1) is 18.5 Å². The summed E-state index contributed by atoms with van der Waals surface area (Å²) in [6, 6.07) is 0. The predicted molar refractivity (Wildman–Crippen MR) is 70.4 cm³/mol. The van der Waals surface area contributed by atoms with Gasteiger partial charge in [-0.15, -0.1) is 0 Å². The Kier molecular flexibility index (Phi) is 4.90. The molecule has 0 spiro atoms. The molecule has 5 nitrogen and oxygen atoms in total. The highest BCUT2D eigenvalue weighted by atomic mass is 16.5. The zero-order chi connectivity index (χ0) is 13.8. The molecule has 0 radical (unpaired) electrons. The first-order valence-corrected chi connectivity index (χ1v) is 6.34. The maximum absolute atomic E-state index is 11.8. The predicted octanol–water partition coefficient (Wildman–Crippen LogP) is 1.87. The van der Waals surface area contributed by atoms with Crippen molar-refractivity contribution < 1.29 is 9.53 Å². The number of carbonyl (C=O) groups excluding carboxylic acids is 1. The normalized spacial score (nSPS) is 11.6. The van der Waals surface area contributed by atoms with Crippen LogP contribution in [0.4, 0.5) is 0 Å². The van der Waals surface area contributed by atoms with Crippen LogP contribution in [0.15, 0.2) is 6.20 Å². The minimum absolute atomic E-state index is 0.0379. The number of nitrogens with one attached hydrogen (secondary N) is 1. The first-order valence-electron chi connectivity index (χ1n) is 6.34. The number of carbonyl (C=O) groups is 1. The Bertz CT molecular complexity index is 410. The lowest BCUT2D eigenvalue weighted by atomic mass is 10.0. The van der Waals surface area contributed by atoms with Gasteiger partial charge in [0, 0.05) is 19.1 Å². The zero-order valence-corrected chi connectivity index (χ0v) is 11.9. The van der Waals surface area contributed by atoms with Gasteiger partial charge >= 0.3 is 5.97 Å². The van der Waals surface area contributed by atoms with Crippen LogP contribution in [0.2, 0.25) is 0 Å². The van der Waals surface area contributed by atoms with Gasteiger partial charge in [-0.3, -0.25) is 4.68 Å². The van der Waals surface area contributed by atoms with Gasteiger partial charge in [-0.25, -0.2) is 4.79 Å². The Balaban J connectivity index is 2.82. The molecule has 1 N–H and O–H groups in total. The molecule has 1 aromatic rings. The van der Waals surface area contributed by atoms with E-state index in [-0.39, 0.29) is 11.5 Å². The molecule has 0 aromatic carbocycles. The molecule has 1 heterocycles. The first-order chi connectivity index (χ1) is 8.41. The van der Waals surface area contributed by atoms with Gasteiger partial charge in [0.2, 0.25) is 0 Å². The van der Waals surface area contributed by atoms with E-state index in [1.807, 2.05) is 7.05 Å². The molecular weight excluding hydrogens is 230 g/mol. The molecule has 0 atom stereocenters. The molecule has 0 bridgehead atoms. The van der Waals surface area contributed by atoms with Gasteiger partial charge in [0.15, 0.2) is 0 Å². The highest BCUT2D eigenvalue weighted by Crippen LogP contribution is 2.13. The summed E-state index contributed by atoms with van der Waals surface area (Å²) in [6.07, 6.45) is 2.58. The number of hydrogen-bond donors (Lipinski definition) is 1. The van der Waals surface area contributed by atoms with Gasteiger partial charge < -0.3 is 10.1 Å². The molecule has 0 aliphatic rings. The molecule has 1 rings (SSSR count). The van der Waals surface area contributed by atoms with Gasteiger partial charge in [-0.2, -0.15) is 5.10 Å². The second-order valence-corrected chi connectivity index (χ2v) is 4.94. The molecule has 1 aromatic heterocycles. The molecule has 0 fully saturated rings. The van der Waals surface area contributed by atoms with Crippen LogP contribution in [-0.2, 0) is 18.3 Å². The number of aryl methyl sites for hydroxylation is 1. The quantitative estimate of drug-likeness (QED) is 0.786. The third kappa shape index (κ3) is 3.57. The topological polar surface area (TPSA) is 56.1 Å². The van der Waals surface area contributed by atoms with Crippen molar-refractivity contribution in [2.45, 2.75) is 46.2 Å². The monoisotopic (exact) mass is 253 g/mol. The van der Waals surface area contributed by atoms with Gasteiger partial charge in [-0.1, -0.05) is 6.92 Å². The second-order valence-electron chi connectivity index (χ2n) is 4.94. The first kappa shape index (κ1) is 14.7. The molecule has 0 saturated heterocycles. The van der Waals surface area contributed by atoms with Crippen LogP contribution in [0.25, 0.3) is 0 Å². The Morgan fingerprint density at radius 3 is 2.72 bits per heavy atom. The van der Waals surface area contributed by atoms with E-state index in [2.05, 4.69) is 31.2 Å². The third-order valence-corrected chi connectivity index (χ3v) is 3.18. The zero-order valence-electron chi connectivity index (χ0n) is 11.9. The van der Waals surface area contributed by atoms with Gasteiger partial charge in [0.1, 0.15) is 5.56 Å². The van der Waals surface area contributed by atoms with E-state index in [1.54, 1.807) is 17.8 Å². The Morgan fingerprint density at radius 2 is 2.17 bits per heavy atom. The van der Waals surface area contributed by atoms with Crippen molar-refractivity contribution in [2.75, 3.05) is 6.61 Å². The van der Waals surface area contributed by atoms with Crippen LogP contribution in [-0.4, -0.2) is 27.9 Å². The van der Waals surface area contributed by atoms with Crippen molar-refractivity contribution in [1.29, 1.82) is 0 Å². The molecule has 0 unspecified atom stereocenters. The average Bonchev–Trinajstić information content (AvgIpc) is 2.68. The van der Waals surface area contributed by atoms with Crippen LogP contribution in [0.1, 0.15) is 50.2 Å².